The van der Waals surface area contributed by atoms with Crippen molar-refractivity contribution in [1.29, 1.82) is 0 Å². The average Bonchev–Trinajstić information content (AvgIpc) is 3.32. The lowest BCUT2D eigenvalue weighted by Crippen LogP contribution is -2.08. The SMILES string of the molecule is COS(=O)COc1c(C)cc(SCc2ccc(-c3ccc(C(F)(F)F)cn3)cc2)c2c1CCO2. The Bertz CT molecular complexity index is 1180. The maximum absolute atomic E-state index is 12.7. The number of nitrogens with zero attached hydrogens (tertiary/aromatic N) is 1. The molecule has 1 aromatic heterocycles. The number of rotatable bonds is 8. The quantitative estimate of drug-likeness (QED) is 0.350. The van der Waals surface area contributed by atoms with E-state index in [1.165, 1.54) is 13.2 Å². The number of aryl methyl sites for hydroxylation is 1. The zero-order valence-electron chi connectivity index (χ0n) is 18.5. The third-order valence-electron chi connectivity index (χ3n) is 5.30. The Morgan fingerprint density at radius 2 is 1.94 bits per heavy atom. The van der Waals surface area contributed by atoms with E-state index in [0.717, 1.165) is 45.2 Å². The average molecular weight is 510 g/mol. The van der Waals surface area contributed by atoms with Crippen molar-refractivity contribution in [3.63, 3.8) is 0 Å². The summed E-state index contributed by atoms with van der Waals surface area (Å²) < 4.78 is 66.2. The van der Waals surface area contributed by atoms with Gasteiger partial charge in [-0.05, 0) is 36.2 Å². The van der Waals surface area contributed by atoms with Crippen LogP contribution in [-0.4, -0.2) is 28.8 Å². The number of benzene rings is 2. The summed E-state index contributed by atoms with van der Waals surface area (Å²) >= 11 is 0.121. The highest BCUT2D eigenvalue weighted by atomic mass is 32.2. The molecule has 5 nitrogen and oxygen atoms in total. The first-order valence-electron chi connectivity index (χ1n) is 10.4. The second-order valence-corrected chi connectivity index (χ2v) is 9.77. The van der Waals surface area contributed by atoms with Crippen LogP contribution in [0.15, 0.2) is 53.6 Å². The van der Waals surface area contributed by atoms with Gasteiger partial charge in [0.05, 0.1) is 29.9 Å². The van der Waals surface area contributed by atoms with Gasteiger partial charge in [0.15, 0.2) is 17.0 Å². The Morgan fingerprint density at radius 3 is 2.59 bits per heavy atom. The molecule has 1 aliphatic heterocycles. The van der Waals surface area contributed by atoms with Gasteiger partial charge in [-0.1, -0.05) is 24.3 Å². The molecule has 0 saturated heterocycles. The summed E-state index contributed by atoms with van der Waals surface area (Å²) in [5, 5.41) is 0. The Morgan fingerprint density at radius 1 is 1.18 bits per heavy atom. The van der Waals surface area contributed by atoms with Crippen LogP contribution in [0.5, 0.6) is 11.5 Å². The van der Waals surface area contributed by atoms with E-state index in [0.29, 0.717) is 30.2 Å². The molecule has 4 rings (SSSR count). The van der Waals surface area contributed by atoms with Gasteiger partial charge in [-0.15, -0.1) is 11.8 Å². The number of alkyl halides is 3. The number of hydrogen-bond donors (Lipinski definition) is 0. The third-order valence-corrected chi connectivity index (χ3v) is 7.07. The van der Waals surface area contributed by atoms with E-state index in [4.69, 9.17) is 13.7 Å². The molecule has 0 N–H and O–H groups in total. The molecule has 180 valence electrons. The lowest BCUT2D eigenvalue weighted by molar-refractivity contribution is -0.137. The topological polar surface area (TPSA) is 57.7 Å². The summed E-state index contributed by atoms with van der Waals surface area (Å²) in [5.41, 5.74) is 3.43. The standard InChI is InChI=1S/C24H22F3NO4S2/c1-15-11-21(23-19(9-10-31-23)22(15)32-14-34(29)30-2)33-13-16-3-5-17(6-4-16)20-8-7-18(12-28-20)24(25,26)27/h3-8,11-12H,9-10,13-14H2,1-2H3. The first-order valence-corrected chi connectivity index (χ1v) is 12.6. The second kappa shape index (κ2) is 10.4. The smallest absolute Gasteiger partial charge is 0.417 e. The van der Waals surface area contributed by atoms with Crippen molar-refractivity contribution in [3.05, 3.63) is 70.9 Å². The van der Waals surface area contributed by atoms with Crippen molar-refractivity contribution < 1.29 is 31.0 Å². The normalized spacial score (nSPS) is 13.9. The van der Waals surface area contributed by atoms with Gasteiger partial charge in [0.25, 0.3) is 0 Å². The van der Waals surface area contributed by atoms with Crippen LogP contribution < -0.4 is 9.47 Å². The van der Waals surface area contributed by atoms with Gasteiger partial charge in [0.1, 0.15) is 11.5 Å². The molecule has 0 aliphatic carbocycles. The van der Waals surface area contributed by atoms with E-state index < -0.39 is 22.8 Å². The fraction of sp³-hybridized carbons (Fsp3) is 0.292. The van der Waals surface area contributed by atoms with Crippen LogP contribution in [0.3, 0.4) is 0 Å². The summed E-state index contributed by atoms with van der Waals surface area (Å²) in [7, 11) is 1.37. The van der Waals surface area contributed by atoms with E-state index in [2.05, 4.69) is 4.98 Å². The molecule has 34 heavy (non-hydrogen) atoms. The number of halogens is 3. The van der Waals surface area contributed by atoms with Gasteiger partial charge >= 0.3 is 6.18 Å². The van der Waals surface area contributed by atoms with Crippen LogP contribution >= 0.6 is 11.8 Å². The number of aromatic nitrogens is 1. The van der Waals surface area contributed by atoms with E-state index in [1.54, 1.807) is 11.8 Å². The molecule has 0 saturated carbocycles. The summed E-state index contributed by atoms with van der Waals surface area (Å²) in [5.74, 6) is 2.12. The lowest BCUT2D eigenvalue weighted by atomic mass is 10.1. The molecule has 2 aromatic carbocycles. The van der Waals surface area contributed by atoms with Gasteiger partial charge in [0.2, 0.25) is 0 Å². The molecule has 2 heterocycles. The molecule has 0 fully saturated rings. The minimum atomic E-state index is -4.40. The van der Waals surface area contributed by atoms with Gasteiger partial charge in [-0.25, -0.2) is 4.21 Å². The minimum Gasteiger partial charge on any atom is -0.492 e. The largest absolute Gasteiger partial charge is 0.492 e. The van der Waals surface area contributed by atoms with E-state index in [1.807, 2.05) is 37.3 Å². The van der Waals surface area contributed by atoms with Crippen molar-refractivity contribution in [3.8, 4) is 22.8 Å². The summed E-state index contributed by atoms with van der Waals surface area (Å²) in [6.07, 6.45) is -2.83. The molecule has 0 radical (unpaired) electrons. The predicted molar refractivity (Wildman–Crippen MR) is 125 cm³/mol. The van der Waals surface area contributed by atoms with Crippen LogP contribution in [0.25, 0.3) is 11.3 Å². The minimum absolute atomic E-state index is 0.0452. The van der Waals surface area contributed by atoms with Crippen molar-refractivity contribution in [2.75, 3.05) is 19.7 Å². The van der Waals surface area contributed by atoms with Gasteiger partial charge in [-0.3, -0.25) is 9.17 Å². The zero-order valence-corrected chi connectivity index (χ0v) is 20.1. The number of thioether (sulfide) groups is 1. The maximum Gasteiger partial charge on any atom is 0.417 e. The molecule has 0 bridgehead atoms. The lowest BCUT2D eigenvalue weighted by Gasteiger charge is -2.15. The van der Waals surface area contributed by atoms with E-state index in [-0.39, 0.29) is 5.94 Å². The molecule has 10 heteroatoms. The van der Waals surface area contributed by atoms with Crippen molar-refractivity contribution >= 4 is 22.8 Å². The third kappa shape index (κ3) is 5.56. The molecular formula is C24H22F3NO4S2. The number of ether oxygens (including phenoxy) is 2. The number of pyridine rings is 1. The molecule has 1 aliphatic rings. The van der Waals surface area contributed by atoms with Gasteiger partial charge < -0.3 is 9.47 Å². The maximum atomic E-state index is 12.7. The van der Waals surface area contributed by atoms with Gasteiger partial charge in [0, 0.05) is 29.5 Å². The van der Waals surface area contributed by atoms with Crippen LogP contribution in [0.2, 0.25) is 0 Å². The Kier molecular flexibility index (Phi) is 7.49. The number of fused-ring (bicyclic) bond motifs is 1. The van der Waals surface area contributed by atoms with E-state index >= 15 is 0 Å². The summed E-state index contributed by atoms with van der Waals surface area (Å²) in [6.45, 7) is 2.50. The highest BCUT2D eigenvalue weighted by molar-refractivity contribution is 7.98. The first-order chi connectivity index (χ1) is 16.3. The van der Waals surface area contributed by atoms with Crippen LogP contribution in [0.1, 0.15) is 22.3 Å². The summed E-state index contributed by atoms with van der Waals surface area (Å²) in [6, 6.07) is 12.0. The Hall–Kier alpha value is -2.56. The van der Waals surface area contributed by atoms with Crippen LogP contribution in [0, 0.1) is 6.92 Å². The van der Waals surface area contributed by atoms with Crippen LogP contribution in [-0.2, 0) is 33.6 Å². The van der Waals surface area contributed by atoms with Gasteiger partial charge in [-0.2, -0.15) is 13.2 Å². The molecule has 0 spiro atoms. The van der Waals surface area contributed by atoms with Crippen LogP contribution in [0.4, 0.5) is 13.2 Å². The molecule has 1 unspecified atom stereocenters. The Balaban J connectivity index is 1.45. The molecular weight excluding hydrogens is 487 g/mol. The van der Waals surface area contributed by atoms with Crippen molar-refractivity contribution in [1.82, 2.24) is 4.98 Å². The second-order valence-electron chi connectivity index (χ2n) is 7.57. The summed E-state index contributed by atoms with van der Waals surface area (Å²) in [4.78, 5) is 4.95. The molecule has 0 amide bonds. The molecule has 1 atom stereocenters. The molecule has 3 aromatic rings. The highest BCUT2D eigenvalue weighted by Crippen LogP contribution is 2.44. The van der Waals surface area contributed by atoms with E-state index in [9.17, 15) is 17.4 Å². The zero-order chi connectivity index (χ0) is 24.3. The van der Waals surface area contributed by atoms with Crippen molar-refractivity contribution in [2.24, 2.45) is 0 Å². The Labute approximate surface area is 202 Å². The van der Waals surface area contributed by atoms with Crippen molar-refractivity contribution in [2.45, 2.75) is 30.2 Å². The fourth-order valence-corrected chi connectivity index (χ4v) is 4.98. The first kappa shape index (κ1) is 24.6. The number of hydrogen-bond acceptors (Lipinski definition) is 6. The monoisotopic (exact) mass is 509 g/mol. The highest BCUT2D eigenvalue weighted by Gasteiger charge is 2.30. The fourth-order valence-electron chi connectivity index (χ4n) is 3.59. The predicted octanol–water partition coefficient (Wildman–Crippen LogP) is 5.95.